The van der Waals surface area contributed by atoms with Crippen LogP contribution in [-0.4, -0.2) is 18.5 Å². The predicted molar refractivity (Wildman–Crippen MR) is 77.8 cm³/mol. The van der Waals surface area contributed by atoms with Crippen molar-refractivity contribution in [3.8, 4) is 0 Å². The zero-order chi connectivity index (χ0) is 14.6. The molecule has 1 fully saturated rings. The van der Waals surface area contributed by atoms with Crippen LogP contribution < -0.4 is 10.6 Å². The lowest BCUT2D eigenvalue weighted by molar-refractivity contribution is -0.121. The van der Waals surface area contributed by atoms with Crippen molar-refractivity contribution in [3.05, 3.63) is 35.6 Å². The Morgan fingerprint density at radius 3 is 2.45 bits per heavy atom. The van der Waals surface area contributed by atoms with Gasteiger partial charge in [0, 0.05) is 11.6 Å². The fourth-order valence-electron chi connectivity index (χ4n) is 2.62. The highest BCUT2D eigenvalue weighted by Crippen LogP contribution is 2.20. The molecule has 0 radical (unpaired) electrons. The monoisotopic (exact) mass is 278 g/mol. The molecule has 1 aromatic rings. The first-order valence-corrected chi connectivity index (χ1v) is 7.28. The summed E-state index contributed by atoms with van der Waals surface area (Å²) in [7, 11) is 0. The van der Waals surface area contributed by atoms with E-state index in [2.05, 4.69) is 10.6 Å². The highest BCUT2D eigenvalue weighted by atomic mass is 19.1. The lowest BCUT2D eigenvalue weighted by atomic mass is 9.94. The molecule has 20 heavy (non-hydrogen) atoms. The molecule has 1 saturated carbocycles. The Morgan fingerprint density at radius 1 is 1.25 bits per heavy atom. The first kappa shape index (κ1) is 15.0. The van der Waals surface area contributed by atoms with Gasteiger partial charge in [0.15, 0.2) is 0 Å². The number of nitrogens with one attached hydrogen (secondary N) is 2. The highest BCUT2D eigenvalue weighted by molar-refractivity contribution is 5.78. The van der Waals surface area contributed by atoms with E-state index in [0.717, 1.165) is 18.4 Å². The van der Waals surface area contributed by atoms with Crippen molar-refractivity contribution in [2.45, 2.75) is 51.1 Å². The van der Waals surface area contributed by atoms with E-state index in [9.17, 15) is 9.18 Å². The van der Waals surface area contributed by atoms with Crippen molar-refractivity contribution in [1.29, 1.82) is 0 Å². The molecule has 0 aliphatic heterocycles. The molecule has 2 rings (SSSR count). The van der Waals surface area contributed by atoms with Gasteiger partial charge in [0.2, 0.25) is 5.91 Å². The molecule has 0 heterocycles. The van der Waals surface area contributed by atoms with Crippen molar-refractivity contribution in [3.63, 3.8) is 0 Å². The van der Waals surface area contributed by atoms with Crippen molar-refractivity contribution >= 4 is 5.91 Å². The van der Waals surface area contributed by atoms with E-state index in [0.29, 0.717) is 6.04 Å². The van der Waals surface area contributed by atoms with Gasteiger partial charge in [-0.3, -0.25) is 10.1 Å². The number of halogens is 1. The summed E-state index contributed by atoms with van der Waals surface area (Å²) in [5, 5.41) is 6.28. The fraction of sp³-hybridized carbons (Fsp3) is 0.562. The molecule has 1 aliphatic carbocycles. The number of carbonyl (C=O) groups excluding carboxylic acids is 1. The van der Waals surface area contributed by atoms with Gasteiger partial charge in [-0.1, -0.05) is 25.0 Å². The third kappa shape index (κ3) is 4.04. The highest BCUT2D eigenvalue weighted by Gasteiger charge is 2.22. The lowest BCUT2D eigenvalue weighted by Gasteiger charge is -2.27. The SMILES string of the molecule is CC(C)(NCC(=O)NC1CCCC1)c1ccc(F)cc1. The van der Waals surface area contributed by atoms with Crippen molar-refractivity contribution < 1.29 is 9.18 Å². The minimum atomic E-state index is -0.360. The van der Waals surface area contributed by atoms with Crippen molar-refractivity contribution in [2.24, 2.45) is 0 Å². The Labute approximate surface area is 120 Å². The summed E-state index contributed by atoms with van der Waals surface area (Å²) in [5.41, 5.74) is 0.605. The molecule has 0 unspecified atom stereocenters. The summed E-state index contributed by atoms with van der Waals surface area (Å²) in [5.74, 6) is -0.212. The number of carbonyl (C=O) groups is 1. The summed E-state index contributed by atoms with van der Waals surface area (Å²) in [4.78, 5) is 11.9. The summed E-state index contributed by atoms with van der Waals surface area (Å²) in [6, 6.07) is 6.72. The number of rotatable bonds is 5. The molecule has 0 aromatic heterocycles. The van der Waals surface area contributed by atoms with Crippen LogP contribution in [0.3, 0.4) is 0 Å². The van der Waals surface area contributed by atoms with E-state index in [1.54, 1.807) is 12.1 Å². The van der Waals surface area contributed by atoms with Gasteiger partial charge in [-0.15, -0.1) is 0 Å². The largest absolute Gasteiger partial charge is 0.352 e. The molecule has 110 valence electrons. The summed E-state index contributed by atoms with van der Waals surface area (Å²) >= 11 is 0. The van der Waals surface area contributed by atoms with E-state index in [1.807, 2.05) is 13.8 Å². The second-order valence-corrected chi connectivity index (χ2v) is 6.03. The molecule has 0 saturated heterocycles. The van der Waals surface area contributed by atoms with E-state index in [1.165, 1.54) is 25.0 Å². The smallest absolute Gasteiger partial charge is 0.234 e. The standard InChI is InChI=1S/C16H23FN2O/c1-16(2,12-7-9-13(17)10-8-12)18-11-15(20)19-14-5-3-4-6-14/h7-10,14,18H,3-6,11H2,1-2H3,(H,19,20). The number of hydrogen-bond donors (Lipinski definition) is 2. The molecule has 1 aromatic carbocycles. The zero-order valence-electron chi connectivity index (χ0n) is 12.2. The van der Waals surface area contributed by atoms with Crippen LogP contribution in [0, 0.1) is 5.82 Å². The van der Waals surface area contributed by atoms with E-state index in [4.69, 9.17) is 0 Å². The van der Waals surface area contributed by atoms with Crippen LogP contribution >= 0.6 is 0 Å². The van der Waals surface area contributed by atoms with Crippen LogP contribution in [-0.2, 0) is 10.3 Å². The third-order valence-electron chi connectivity index (χ3n) is 3.98. The van der Waals surface area contributed by atoms with Crippen LogP contribution in [0.2, 0.25) is 0 Å². The fourth-order valence-corrected chi connectivity index (χ4v) is 2.62. The topological polar surface area (TPSA) is 41.1 Å². The molecule has 4 heteroatoms. The number of hydrogen-bond acceptors (Lipinski definition) is 2. The van der Waals surface area contributed by atoms with E-state index < -0.39 is 0 Å². The molecule has 2 N–H and O–H groups in total. The van der Waals surface area contributed by atoms with Crippen LogP contribution in [0.5, 0.6) is 0 Å². The van der Waals surface area contributed by atoms with Gasteiger partial charge >= 0.3 is 0 Å². The molecule has 3 nitrogen and oxygen atoms in total. The third-order valence-corrected chi connectivity index (χ3v) is 3.98. The van der Waals surface area contributed by atoms with E-state index >= 15 is 0 Å². The van der Waals surface area contributed by atoms with Crippen LogP contribution in [0.1, 0.15) is 45.1 Å². The Morgan fingerprint density at radius 2 is 1.85 bits per heavy atom. The average molecular weight is 278 g/mol. The zero-order valence-corrected chi connectivity index (χ0v) is 12.2. The molecule has 0 spiro atoms. The molecule has 0 atom stereocenters. The first-order valence-electron chi connectivity index (χ1n) is 7.28. The van der Waals surface area contributed by atoms with Gasteiger partial charge in [0.05, 0.1) is 6.54 Å². The molecule has 0 bridgehead atoms. The Hall–Kier alpha value is -1.42. The quantitative estimate of drug-likeness (QED) is 0.869. The Bertz CT molecular complexity index is 450. The van der Waals surface area contributed by atoms with Gasteiger partial charge in [-0.2, -0.15) is 0 Å². The average Bonchev–Trinajstić information content (AvgIpc) is 2.90. The maximum absolute atomic E-state index is 12.9. The second-order valence-electron chi connectivity index (χ2n) is 6.03. The maximum Gasteiger partial charge on any atom is 0.234 e. The first-order chi connectivity index (χ1) is 9.47. The Balaban J connectivity index is 1.84. The normalized spacial score (nSPS) is 16.4. The van der Waals surface area contributed by atoms with E-state index in [-0.39, 0.29) is 23.8 Å². The summed E-state index contributed by atoms with van der Waals surface area (Å²) < 4.78 is 12.9. The molecular formula is C16H23FN2O. The van der Waals surface area contributed by atoms with Gasteiger partial charge in [0.1, 0.15) is 5.82 Å². The van der Waals surface area contributed by atoms with Gasteiger partial charge < -0.3 is 5.32 Å². The van der Waals surface area contributed by atoms with Gasteiger partial charge in [-0.25, -0.2) is 4.39 Å². The van der Waals surface area contributed by atoms with Crippen molar-refractivity contribution in [1.82, 2.24) is 10.6 Å². The van der Waals surface area contributed by atoms with Crippen LogP contribution in [0.15, 0.2) is 24.3 Å². The molecule has 1 aliphatic rings. The molecule has 1 amide bonds. The minimum absolute atomic E-state index is 0.0343. The van der Waals surface area contributed by atoms with Crippen molar-refractivity contribution in [2.75, 3.05) is 6.54 Å². The lowest BCUT2D eigenvalue weighted by Crippen LogP contribution is -2.45. The van der Waals surface area contributed by atoms with Gasteiger partial charge in [0.25, 0.3) is 0 Å². The summed E-state index contributed by atoms with van der Waals surface area (Å²) in [6.07, 6.45) is 4.60. The Kier molecular flexibility index (Phi) is 4.76. The summed E-state index contributed by atoms with van der Waals surface area (Å²) in [6.45, 7) is 4.26. The van der Waals surface area contributed by atoms with Gasteiger partial charge in [-0.05, 0) is 44.4 Å². The number of benzene rings is 1. The second kappa shape index (κ2) is 6.35. The number of amides is 1. The van der Waals surface area contributed by atoms with Crippen LogP contribution in [0.4, 0.5) is 4.39 Å². The maximum atomic E-state index is 12.9. The molecular weight excluding hydrogens is 255 g/mol. The minimum Gasteiger partial charge on any atom is -0.352 e. The predicted octanol–water partition coefficient (Wildman–Crippen LogP) is 2.71. The van der Waals surface area contributed by atoms with Crippen LogP contribution in [0.25, 0.3) is 0 Å².